The number of carbonyl (C=O) groups is 1. The topological polar surface area (TPSA) is 45.3 Å². The van der Waals surface area contributed by atoms with Gasteiger partial charge < -0.3 is 14.6 Å². The van der Waals surface area contributed by atoms with E-state index >= 15 is 0 Å². The Hall–Kier alpha value is -1.97. The molecule has 1 aliphatic heterocycles. The minimum Gasteiger partial charge on any atom is -0.496 e. The predicted molar refractivity (Wildman–Crippen MR) is 77.0 cm³/mol. The van der Waals surface area contributed by atoms with E-state index in [1.165, 1.54) is 12.8 Å². The number of aromatic amines is 1. The van der Waals surface area contributed by atoms with Crippen molar-refractivity contribution in [1.82, 2.24) is 9.88 Å². The number of nitrogens with one attached hydrogen (secondary N) is 1. The van der Waals surface area contributed by atoms with E-state index in [1.807, 2.05) is 29.2 Å². The van der Waals surface area contributed by atoms with E-state index in [0.29, 0.717) is 5.69 Å². The van der Waals surface area contributed by atoms with Gasteiger partial charge in [0.25, 0.3) is 5.91 Å². The number of hydrogen-bond acceptors (Lipinski definition) is 2. The summed E-state index contributed by atoms with van der Waals surface area (Å²) in [7, 11) is 1.65. The van der Waals surface area contributed by atoms with E-state index < -0.39 is 0 Å². The number of rotatable bonds is 2. The van der Waals surface area contributed by atoms with E-state index in [0.717, 1.165) is 41.6 Å². The summed E-state index contributed by atoms with van der Waals surface area (Å²) < 4.78 is 5.35. The molecule has 1 aliphatic carbocycles. The van der Waals surface area contributed by atoms with Crippen molar-refractivity contribution in [3.8, 4) is 5.75 Å². The average molecular weight is 270 g/mol. The molecule has 0 radical (unpaired) electrons. The smallest absolute Gasteiger partial charge is 0.270 e. The SMILES string of the molecule is COc1cccc2[nH]c(C(=O)N3C[C@H]4CC[C@H]4C3)cc12. The van der Waals surface area contributed by atoms with Gasteiger partial charge in [-0.2, -0.15) is 0 Å². The molecule has 0 spiro atoms. The Kier molecular flexibility index (Phi) is 2.52. The summed E-state index contributed by atoms with van der Waals surface area (Å²) in [6.07, 6.45) is 2.57. The lowest BCUT2D eigenvalue weighted by Crippen LogP contribution is -2.28. The van der Waals surface area contributed by atoms with Gasteiger partial charge in [-0.05, 0) is 42.9 Å². The largest absolute Gasteiger partial charge is 0.496 e. The lowest BCUT2D eigenvalue weighted by atomic mass is 9.77. The van der Waals surface area contributed by atoms with E-state index in [2.05, 4.69) is 4.98 Å². The van der Waals surface area contributed by atoms with Crippen LogP contribution >= 0.6 is 0 Å². The van der Waals surface area contributed by atoms with Crippen molar-refractivity contribution < 1.29 is 9.53 Å². The van der Waals surface area contributed by atoms with Crippen molar-refractivity contribution in [1.29, 1.82) is 0 Å². The summed E-state index contributed by atoms with van der Waals surface area (Å²) in [5, 5.41) is 0.973. The van der Waals surface area contributed by atoms with Crippen LogP contribution in [-0.2, 0) is 0 Å². The number of amides is 1. The molecule has 1 amide bonds. The van der Waals surface area contributed by atoms with Gasteiger partial charge in [0.15, 0.2) is 0 Å². The van der Waals surface area contributed by atoms with Crippen molar-refractivity contribution in [2.45, 2.75) is 12.8 Å². The van der Waals surface area contributed by atoms with Crippen molar-refractivity contribution in [2.75, 3.05) is 20.2 Å². The van der Waals surface area contributed by atoms with Gasteiger partial charge in [0.05, 0.1) is 7.11 Å². The second kappa shape index (κ2) is 4.27. The molecule has 1 saturated carbocycles. The maximum Gasteiger partial charge on any atom is 0.270 e. The van der Waals surface area contributed by atoms with Gasteiger partial charge in [0.1, 0.15) is 11.4 Å². The minimum atomic E-state index is 0.123. The zero-order chi connectivity index (χ0) is 13.7. The molecule has 1 aromatic carbocycles. The first-order chi connectivity index (χ1) is 9.76. The zero-order valence-electron chi connectivity index (χ0n) is 11.6. The third kappa shape index (κ3) is 1.64. The molecule has 2 atom stereocenters. The van der Waals surface area contributed by atoms with Crippen LogP contribution in [0.25, 0.3) is 10.9 Å². The molecule has 0 unspecified atom stereocenters. The average Bonchev–Trinajstić information content (AvgIpc) is 3.00. The van der Waals surface area contributed by atoms with E-state index in [9.17, 15) is 4.79 Å². The molecule has 1 saturated heterocycles. The molecule has 4 heteroatoms. The second-order valence-electron chi connectivity index (χ2n) is 5.91. The Labute approximate surface area is 117 Å². The van der Waals surface area contributed by atoms with Crippen molar-refractivity contribution in [3.05, 3.63) is 30.0 Å². The van der Waals surface area contributed by atoms with Crippen LogP contribution in [0.3, 0.4) is 0 Å². The highest BCUT2D eigenvalue weighted by molar-refractivity contribution is 5.99. The number of hydrogen-bond donors (Lipinski definition) is 1. The summed E-state index contributed by atoms with van der Waals surface area (Å²) in [6, 6.07) is 7.74. The molecular weight excluding hydrogens is 252 g/mol. The van der Waals surface area contributed by atoms with E-state index in [4.69, 9.17) is 4.74 Å². The number of aromatic nitrogens is 1. The highest BCUT2D eigenvalue weighted by Gasteiger charge is 2.41. The lowest BCUT2D eigenvalue weighted by molar-refractivity contribution is 0.0782. The molecule has 104 valence electrons. The normalized spacial score (nSPS) is 24.6. The zero-order valence-corrected chi connectivity index (χ0v) is 11.6. The number of H-pyrrole nitrogens is 1. The maximum atomic E-state index is 12.6. The first-order valence-corrected chi connectivity index (χ1v) is 7.21. The van der Waals surface area contributed by atoms with Gasteiger partial charge in [-0.15, -0.1) is 0 Å². The van der Waals surface area contributed by atoms with Crippen LogP contribution in [0, 0.1) is 11.8 Å². The number of methoxy groups -OCH3 is 1. The molecule has 2 aliphatic rings. The fraction of sp³-hybridized carbons (Fsp3) is 0.438. The van der Waals surface area contributed by atoms with Crippen molar-refractivity contribution in [2.24, 2.45) is 11.8 Å². The van der Waals surface area contributed by atoms with Gasteiger partial charge >= 0.3 is 0 Å². The first-order valence-electron chi connectivity index (χ1n) is 7.21. The number of nitrogens with zero attached hydrogens (tertiary/aromatic N) is 1. The summed E-state index contributed by atoms with van der Waals surface area (Å²) in [5.74, 6) is 2.42. The van der Waals surface area contributed by atoms with Gasteiger partial charge in [0, 0.05) is 24.0 Å². The standard InChI is InChI=1S/C16H18N2O2/c1-20-15-4-2-3-13-12(15)7-14(17-13)16(19)18-8-10-5-6-11(10)9-18/h2-4,7,10-11,17H,5-6,8-9H2,1H3/t10-,11+. The number of likely N-dealkylation sites (tertiary alicyclic amines) is 1. The summed E-state index contributed by atoms with van der Waals surface area (Å²) in [4.78, 5) is 17.8. The first kappa shape index (κ1) is 11.8. The number of fused-ring (bicyclic) bond motifs is 2. The monoisotopic (exact) mass is 270 g/mol. The van der Waals surface area contributed by atoms with Gasteiger partial charge in [-0.25, -0.2) is 0 Å². The van der Waals surface area contributed by atoms with E-state index in [-0.39, 0.29) is 5.91 Å². The van der Waals surface area contributed by atoms with Crippen LogP contribution in [0.5, 0.6) is 5.75 Å². The maximum absolute atomic E-state index is 12.6. The van der Waals surface area contributed by atoms with Crippen molar-refractivity contribution in [3.63, 3.8) is 0 Å². The van der Waals surface area contributed by atoms with Crippen LogP contribution in [0.4, 0.5) is 0 Å². The molecule has 0 bridgehead atoms. The Morgan fingerprint density at radius 3 is 2.70 bits per heavy atom. The number of carbonyl (C=O) groups excluding carboxylic acids is 1. The van der Waals surface area contributed by atoms with Crippen LogP contribution in [0.2, 0.25) is 0 Å². The molecule has 2 aromatic rings. The number of benzene rings is 1. The van der Waals surface area contributed by atoms with Crippen molar-refractivity contribution >= 4 is 16.8 Å². The highest BCUT2D eigenvalue weighted by atomic mass is 16.5. The Morgan fingerprint density at radius 2 is 2.05 bits per heavy atom. The number of ether oxygens (including phenoxy) is 1. The van der Waals surface area contributed by atoms with Crippen LogP contribution in [0.1, 0.15) is 23.3 Å². The Balaban J connectivity index is 1.66. The Bertz CT molecular complexity index is 664. The van der Waals surface area contributed by atoms with Crippen LogP contribution in [-0.4, -0.2) is 36.0 Å². The van der Waals surface area contributed by atoms with Crippen LogP contribution < -0.4 is 4.74 Å². The van der Waals surface area contributed by atoms with Gasteiger partial charge in [0.2, 0.25) is 0 Å². The highest BCUT2D eigenvalue weighted by Crippen LogP contribution is 2.40. The lowest BCUT2D eigenvalue weighted by Gasteiger charge is -2.27. The quantitative estimate of drug-likeness (QED) is 0.912. The predicted octanol–water partition coefficient (Wildman–Crippen LogP) is 2.66. The van der Waals surface area contributed by atoms with Gasteiger partial charge in [-0.1, -0.05) is 6.07 Å². The summed E-state index contributed by atoms with van der Waals surface area (Å²) in [6.45, 7) is 1.85. The summed E-state index contributed by atoms with van der Waals surface area (Å²) in [5.41, 5.74) is 1.63. The fourth-order valence-electron chi connectivity index (χ4n) is 3.52. The molecule has 4 rings (SSSR count). The van der Waals surface area contributed by atoms with Crippen LogP contribution in [0.15, 0.2) is 24.3 Å². The fourth-order valence-corrected chi connectivity index (χ4v) is 3.52. The molecule has 2 heterocycles. The molecular formula is C16H18N2O2. The Morgan fingerprint density at radius 1 is 1.30 bits per heavy atom. The molecule has 20 heavy (non-hydrogen) atoms. The molecule has 1 aromatic heterocycles. The molecule has 2 fully saturated rings. The molecule has 1 N–H and O–H groups in total. The molecule has 4 nitrogen and oxygen atoms in total. The third-order valence-corrected chi connectivity index (χ3v) is 4.85. The van der Waals surface area contributed by atoms with E-state index in [1.54, 1.807) is 7.11 Å². The second-order valence-corrected chi connectivity index (χ2v) is 5.91. The van der Waals surface area contributed by atoms with Gasteiger partial charge in [-0.3, -0.25) is 4.79 Å². The minimum absolute atomic E-state index is 0.123. The summed E-state index contributed by atoms with van der Waals surface area (Å²) >= 11 is 0. The third-order valence-electron chi connectivity index (χ3n) is 4.85.